The number of benzene rings is 5. The van der Waals surface area contributed by atoms with Crippen LogP contribution in [0.2, 0.25) is 0 Å². The minimum atomic E-state index is -3.42. The molecule has 226 valence electrons. The second kappa shape index (κ2) is 12.0. The summed E-state index contributed by atoms with van der Waals surface area (Å²) in [5, 5.41) is 3.16. The average molecular weight is 630 g/mol. The topological polar surface area (TPSA) is 94.8 Å². The third-order valence-electron chi connectivity index (χ3n) is 8.39. The molecule has 5 aromatic carbocycles. The predicted octanol–water partition coefficient (Wildman–Crippen LogP) is 6.81. The molecule has 2 aliphatic rings. The molecule has 10 heteroatoms. The summed E-state index contributed by atoms with van der Waals surface area (Å²) in [5.74, 6) is 3.12. The predicted molar refractivity (Wildman–Crippen MR) is 193 cm³/mol. The Bertz CT molecular complexity index is 2260. The van der Waals surface area contributed by atoms with Crippen LogP contribution in [0.4, 0.5) is 11.6 Å². The summed E-state index contributed by atoms with van der Waals surface area (Å²) in [6.45, 7) is 4.27. The average Bonchev–Trinajstić information content (AvgIpc) is 3.79. The standard InChI is InChI=1S/C37H28BN6O2P/c1-39-33-29-20-10-11-21-30(29)34(40-33)41-35-31-22-12-13-23-32(31)36(42-35)43-37-28-19-9-8-14-25(28)24-44(37)38-46-47(45,26-15-4-2-5-16-26)27-17-6-3-7-18-27/h2-23,38,40H,1,24H2/b41-35-,43-37-. The van der Waals surface area contributed by atoms with Gasteiger partial charge >= 0.3 is 7.62 Å². The highest BCUT2D eigenvalue weighted by atomic mass is 31.2. The van der Waals surface area contributed by atoms with Crippen molar-refractivity contribution in [1.82, 2.24) is 9.79 Å². The molecule has 1 aromatic heterocycles. The normalized spacial score (nSPS) is 15.6. The van der Waals surface area contributed by atoms with Gasteiger partial charge in [-0.05, 0) is 36.5 Å². The van der Waals surface area contributed by atoms with E-state index in [1.54, 1.807) is 0 Å². The van der Waals surface area contributed by atoms with Gasteiger partial charge in [-0.1, -0.05) is 109 Å². The summed E-state index contributed by atoms with van der Waals surface area (Å²) in [6.07, 6.45) is 0. The Morgan fingerprint density at radius 2 is 1.28 bits per heavy atom. The largest absolute Gasteiger partial charge is 0.404 e. The number of rotatable bonds is 7. The number of hydrogen-bond donors (Lipinski definition) is 1. The SMILES string of the molecule is C=Nc1[nH]c(/N=C2N=C(/N=C3/c4ccccc4CN3BOP(=O)(c3ccccc3)c3ccccc3)c3ccccc3\2)c2ccccc12. The molecule has 0 aliphatic carbocycles. The molecule has 1 N–H and O–H groups in total. The summed E-state index contributed by atoms with van der Waals surface area (Å²) in [6, 6.07) is 42.8. The fourth-order valence-electron chi connectivity index (χ4n) is 6.09. The fraction of sp³-hybridized carbons (Fsp3) is 0.0270. The lowest BCUT2D eigenvalue weighted by molar-refractivity contribution is 0.484. The number of aromatic amines is 1. The smallest absolute Gasteiger partial charge is 0.373 e. The van der Waals surface area contributed by atoms with Gasteiger partial charge in [-0.15, -0.1) is 0 Å². The summed E-state index contributed by atoms with van der Waals surface area (Å²) in [5.41, 5.74) is 3.84. The molecule has 8 rings (SSSR count). The highest BCUT2D eigenvalue weighted by Gasteiger charge is 2.34. The van der Waals surface area contributed by atoms with E-state index in [1.807, 2.05) is 132 Å². The lowest BCUT2D eigenvalue weighted by Crippen LogP contribution is -2.33. The van der Waals surface area contributed by atoms with Crippen molar-refractivity contribution in [3.8, 4) is 0 Å². The van der Waals surface area contributed by atoms with Crippen LogP contribution in [0.5, 0.6) is 0 Å². The van der Waals surface area contributed by atoms with Gasteiger partial charge in [-0.3, -0.25) is 4.57 Å². The van der Waals surface area contributed by atoms with Gasteiger partial charge in [0.1, 0.15) is 17.5 Å². The Labute approximate surface area is 272 Å². The first-order chi connectivity index (χ1) is 23.1. The zero-order valence-corrected chi connectivity index (χ0v) is 26.2. The molecule has 0 unspecified atom stereocenters. The first-order valence-corrected chi connectivity index (χ1v) is 16.9. The molecule has 0 radical (unpaired) electrons. The van der Waals surface area contributed by atoms with Crippen LogP contribution in [0.15, 0.2) is 153 Å². The molecule has 6 aromatic rings. The van der Waals surface area contributed by atoms with E-state index in [2.05, 4.69) is 22.8 Å². The van der Waals surface area contributed by atoms with Gasteiger partial charge < -0.3 is 14.2 Å². The minimum absolute atomic E-state index is 0.0657. The van der Waals surface area contributed by atoms with Crippen molar-refractivity contribution < 1.29 is 9.01 Å². The van der Waals surface area contributed by atoms with E-state index >= 15 is 0 Å². The Kier molecular flexibility index (Phi) is 7.33. The van der Waals surface area contributed by atoms with Crippen molar-refractivity contribution in [2.24, 2.45) is 20.0 Å². The molecule has 0 saturated heterocycles. The monoisotopic (exact) mass is 630 g/mol. The third kappa shape index (κ3) is 5.16. The molecule has 47 heavy (non-hydrogen) atoms. The van der Waals surface area contributed by atoms with Crippen LogP contribution in [0, 0.1) is 0 Å². The van der Waals surface area contributed by atoms with E-state index in [1.165, 1.54) is 0 Å². The zero-order valence-electron chi connectivity index (χ0n) is 25.3. The minimum Gasteiger partial charge on any atom is -0.373 e. The maximum atomic E-state index is 14.7. The van der Waals surface area contributed by atoms with Crippen molar-refractivity contribution in [3.05, 3.63) is 156 Å². The molecular weight excluding hydrogens is 602 g/mol. The quantitative estimate of drug-likeness (QED) is 0.119. The van der Waals surface area contributed by atoms with Crippen molar-refractivity contribution >= 4 is 72.2 Å². The summed E-state index contributed by atoms with van der Waals surface area (Å²) in [7, 11) is -3.35. The van der Waals surface area contributed by atoms with Crippen molar-refractivity contribution in [1.29, 1.82) is 0 Å². The van der Waals surface area contributed by atoms with Crippen LogP contribution in [-0.4, -0.2) is 41.6 Å². The van der Waals surface area contributed by atoms with E-state index in [0.29, 0.717) is 46.3 Å². The molecule has 3 heterocycles. The van der Waals surface area contributed by atoms with E-state index in [9.17, 15) is 4.57 Å². The summed E-state index contributed by atoms with van der Waals surface area (Å²) >= 11 is 0. The van der Waals surface area contributed by atoms with Crippen molar-refractivity contribution in [2.75, 3.05) is 0 Å². The van der Waals surface area contributed by atoms with Crippen molar-refractivity contribution in [2.45, 2.75) is 6.54 Å². The van der Waals surface area contributed by atoms with Crippen molar-refractivity contribution in [3.63, 3.8) is 0 Å². The second-order valence-corrected chi connectivity index (χ2v) is 13.6. The van der Waals surface area contributed by atoms with Crippen LogP contribution in [0.3, 0.4) is 0 Å². The molecule has 0 amide bonds. The molecule has 0 atom stereocenters. The van der Waals surface area contributed by atoms with Gasteiger partial charge in [-0.25, -0.2) is 20.0 Å². The third-order valence-corrected chi connectivity index (χ3v) is 10.8. The van der Waals surface area contributed by atoms with Crippen LogP contribution < -0.4 is 10.6 Å². The molecule has 2 aliphatic heterocycles. The zero-order chi connectivity index (χ0) is 31.8. The molecule has 0 bridgehead atoms. The lowest BCUT2D eigenvalue weighted by Gasteiger charge is -2.24. The summed E-state index contributed by atoms with van der Waals surface area (Å²) in [4.78, 5) is 24.5. The lowest BCUT2D eigenvalue weighted by atomic mass is 10.1. The highest BCUT2D eigenvalue weighted by molar-refractivity contribution is 7.75. The van der Waals surface area contributed by atoms with Gasteiger partial charge in [0.15, 0.2) is 11.7 Å². The first-order valence-electron chi connectivity index (χ1n) is 15.2. The van der Waals surface area contributed by atoms with Gasteiger partial charge in [0.05, 0.1) is 0 Å². The molecule has 0 spiro atoms. The molecular formula is C37H28BN6O2P. The Morgan fingerprint density at radius 3 is 1.96 bits per heavy atom. The van der Waals surface area contributed by atoms with Gasteiger partial charge in [0.25, 0.3) is 0 Å². The number of H-pyrrole nitrogens is 1. The van der Waals surface area contributed by atoms with E-state index < -0.39 is 7.37 Å². The first kappa shape index (κ1) is 28.8. The fourth-order valence-corrected chi connectivity index (χ4v) is 8.12. The molecule has 0 saturated carbocycles. The summed E-state index contributed by atoms with van der Waals surface area (Å²) < 4.78 is 21.1. The Balaban J connectivity index is 1.19. The number of hydrogen-bond acceptors (Lipinski definition) is 5. The van der Waals surface area contributed by atoms with Gasteiger partial charge in [0, 0.05) is 44.6 Å². The number of nitrogens with zero attached hydrogens (tertiary/aromatic N) is 5. The Hall–Kier alpha value is -5.63. The molecule has 8 nitrogen and oxygen atoms in total. The van der Waals surface area contributed by atoms with Crippen LogP contribution >= 0.6 is 7.37 Å². The maximum Gasteiger partial charge on any atom is 0.404 e. The second-order valence-electron chi connectivity index (χ2n) is 11.2. The highest BCUT2D eigenvalue weighted by Crippen LogP contribution is 2.44. The van der Waals surface area contributed by atoms with Gasteiger partial charge in [-0.2, -0.15) is 0 Å². The number of aromatic nitrogens is 1. The number of amidine groups is 3. The Morgan fingerprint density at radius 1 is 0.702 bits per heavy atom. The molecule has 0 fully saturated rings. The number of aliphatic imine (C=N–C) groups is 4. The maximum absolute atomic E-state index is 14.7. The van der Waals surface area contributed by atoms with Gasteiger partial charge in [0.2, 0.25) is 7.37 Å². The number of nitrogens with one attached hydrogen (secondary N) is 1. The van der Waals surface area contributed by atoms with Crippen LogP contribution in [0.1, 0.15) is 22.3 Å². The van der Waals surface area contributed by atoms with Crippen LogP contribution in [0.25, 0.3) is 10.8 Å². The van der Waals surface area contributed by atoms with E-state index in [0.717, 1.165) is 33.0 Å². The number of fused-ring (bicyclic) bond motifs is 3. The van der Waals surface area contributed by atoms with E-state index in [-0.39, 0.29) is 7.62 Å². The van der Waals surface area contributed by atoms with E-state index in [4.69, 9.17) is 19.4 Å². The van der Waals surface area contributed by atoms with Crippen LogP contribution in [-0.2, 0) is 15.6 Å².